The SMILES string of the molecule is C=Cc1ccc(CCCOS(=O)(=O)c2ccc(C)cc2)cn1. The molecule has 2 rings (SSSR count). The van der Waals surface area contributed by atoms with Gasteiger partial charge in [-0.1, -0.05) is 30.3 Å². The third-order valence-corrected chi connectivity index (χ3v) is 4.54. The van der Waals surface area contributed by atoms with Gasteiger partial charge in [0, 0.05) is 6.20 Å². The largest absolute Gasteiger partial charge is 0.296 e. The highest BCUT2D eigenvalue weighted by atomic mass is 32.2. The molecule has 116 valence electrons. The van der Waals surface area contributed by atoms with Crippen molar-refractivity contribution in [2.75, 3.05) is 6.61 Å². The van der Waals surface area contributed by atoms with Crippen molar-refractivity contribution in [2.24, 2.45) is 0 Å². The van der Waals surface area contributed by atoms with Crippen molar-refractivity contribution in [3.63, 3.8) is 0 Å². The highest BCUT2D eigenvalue weighted by Gasteiger charge is 2.14. The lowest BCUT2D eigenvalue weighted by molar-refractivity contribution is 0.312. The molecule has 0 aliphatic heterocycles. The molecular weight excluding hydrogens is 298 g/mol. The molecule has 1 aromatic carbocycles. The molecule has 0 amide bonds. The number of hydrogen-bond donors (Lipinski definition) is 0. The third-order valence-electron chi connectivity index (χ3n) is 3.21. The summed E-state index contributed by atoms with van der Waals surface area (Å²) in [5, 5.41) is 0. The second-order valence-corrected chi connectivity index (χ2v) is 6.60. The van der Waals surface area contributed by atoms with Crippen LogP contribution in [0.3, 0.4) is 0 Å². The second-order valence-electron chi connectivity index (χ2n) is 4.99. The van der Waals surface area contributed by atoms with E-state index in [-0.39, 0.29) is 11.5 Å². The number of nitrogens with zero attached hydrogens (tertiary/aromatic N) is 1. The van der Waals surface area contributed by atoms with Crippen molar-refractivity contribution in [1.82, 2.24) is 4.98 Å². The first-order valence-electron chi connectivity index (χ1n) is 7.05. The number of aromatic nitrogens is 1. The van der Waals surface area contributed by atoms with Gasteiger partial charge in [-0.2, -0.15) is 8.42 Å². The summed E-state index contributed by atoms with van der Waals surface area (Å²) in [6, 6.07) is 10.5. The van der Waals surface area contributed by atoms with Crippen LogP contribution in [0.15, 0.2) is 54.1 Å². The van der Waals surface area contributed by atoms with Crippen LogP contribution in [0.4, 0.5) is 0 Å². The predicted molar refractivity (Wildman–Crippen MR) is 87.0 cm³/mol. The first kappa shape index (κ1) is 16.4. The zero-order valence-corrected chi connectivity index (χ0v) is 13.3. The van der Waals surface area contributed by atoms with Gasteiger partial charge in [0.15, 0.2) is 0 Å². The minimum Gasteiger partial charge on any atom is -0.266 e. The van der Waals surface area contributed by atoms with Gasteiger partial charge in [-0.15, -0.1) is 0 Å². The molecule has 22 heavy (non-hydrogen) atoms. The molecule has 4 nitrogen and oxygen atoms in total. The Bertz CT molecular complexity index is 720. The Labute approximate surface area is 131 Å². The van der Waals surface area contributed by atoms with Gasteiger partial charge in [-0.05, 0) is 49.6 Å². The maximum absolute atomic E-state index is 12.0. The molecule has 0 bridgehead atoms. The maximum atomic E-state index is 12.0. The lowest BCUT2D eigenvalue weighted by atomic mass is 10.1. The summed E-state index contributed by atoms with van der Waals surface area (Å²) in [6.07, 6.45) is 4.78. The zero-order chi connectivity index (χ0) is 16.0. The van der Waals surface area contributed by atoms with Crippen molar-refractivity contribution >= 4 is 16.2 Å². The minimum atomic E-state index is -3.67. The Hall–Kier alpha value is -1.98. The summed E-state index contributed by atoms with van der Waals surface area (Å²) in [6.45, 7) is 5.71. The van der Waals surface area contributed by atoms with E-state index in [9.17, 15) is 8.42 Å². The molecule has 0 aliphatic carbocycles. The van der Waals surface area contributed by atoms with Crippen LogP contribution < -0.4 is 0 Å². The van der Waals surface area contributed by atoms with E-state index in [1.807, 2.05) is 19.1 Å². The summed E-state index contributed by atoms with van der Waals surface area (Å²) in [4.78, 5) is 4.39. The smallest absolute Gasteiger partial charge is 0.266 e. The van der Waals surface area contributed by atoms with Crippen molar-refractivity contribution in [1.29, 1.82) is 0 Å². The number of rotatable bonds is 7. The number of benzene rings is 1. The van der Waals surface area contributed by atoms with Gasteiger partial charge in [-0.25, -0.2) is 0 Å². The van der Waals surface area contributed by atoms with E-state index in [2.05, 4.69) is 11.6 Å². The molecule has 2 aromatic rings. The van der Waals surface area contributed by atoms with E-state index >= 15 is 0 Å². The topological polar surface area (TPSA) is 56.3 Å². The maximum Gasteiger partial charge on any atom is 0.296 e. The van der Waals surface area contributed by atoms with Crippen LogP contribution in [0.5, 0.6) is 0 Å². The van der Waals surface area contributed by atoms with E-state index in [0.29, 0.717) is 12.8 Å². The van der Waals surface area contributed by atoms with Crippen LogP contribution in [-0.4, -0.2) is 20.0 Å². The molecular formula is C17H19NO3S. The van der Waals surface area contributed by atoms with E-state index in [1.165, 1.54) is 0 Å². The van der Waals surface area contributed by atoms with E-state index < -0.39 is 10.1 Å². The Balaban J connectivity index is 1.84. The van der Waals surface area contributed by atoms with Crippen LogP contribution in [-0.2, 0) is 20.7 Å². The Kier molecular flexibility index (Phi) is 5.46. The monoisotopic (exact) mass is 317 g/mol. The summed E-state index contributed by atoms with van der Waals surface area (Å²) in [7, 11) is -3.67. The van der Waals surface area contributed by atoms with E-state index in [0.717, 1.165) is 16.8 Å². The fourth-order valence-electron chi connectivity index (χ4n) is 1.92. The average Bonchev–Trinajstić information content (AvgIpc) is 2.52. The molecule has 1 heterocycles. The van der Waals surface area contributed by atoms with Crippen LogP contribution >= 0.6 is 0 Å². The second kappa shape index (κ2) is 7.33. The van der Waals surface area contributed by atoms with E-state index in [4.69, 9.17) is 4.18 Å². The first-order chi connectivity index (χ1) is 10.5. The van der Waals surface area contributed by atoms with E-state index in [1.54, 1.807) is 36.5 Å². The number of aryl methyl sites for hydroxylation is 2. The highest BCUT2D eigenvalue weighted by Crippen LogP contribution is 2.14. The normalized spacial score (nSPS) is 11.3. The molecule has 0 spiro atoms. The number of hydrogen-bond acceptors (Lipinski definition) is 4. The van der Waals surface area contributed by atoms with Crippen LogP contribution in [0.25, 0.3) is 6.08 Å². The summed E-state index contributed by atoms with van der Waals surface area (Å²) < 4.78 is 29.0. The molecule has 5 heteroatoms. The lowest BCUT2D eigenvalue weighted by Crippen LogP contribution is -2.08. The molecule has 0 N–H and O–H groups in total. The molecule has 0 radical (unpaired) electrons. The van der Waals surface area contributed by atoms with Crippen molar-refractivity contribution in [2.45, 2.75) is 24.7 Å². The predicted octanol–water partition coefficient (Wildman–Crippen LogP) is 3.37. The van der Waals surface area contributed by atoms with Crippen LogP contribution in [0.2, 0.25) is 0 Å². The van der Waals surface area contributed by atoms with Gasteiger partial charge in [0.25, 0.3) is 10.1 Å². The van der Waals surface area contributed by atoms with Crippen molar-refractivity contribution in [3.8, 4) is 0 Å². The first-order valence-corrected chi connectivity index (χ1v) is 8.45. The zero-order valence-electron chi connectivity index (χ0n) is 12.5. The lowest BCUT2D eigenvalue weighted by Gasteiger charge is -2.06. The molecule has 1 aromatic heterocycles. The molecule has 0 fully saturated rings. The molecule has 0 atom stereocenters. The Morgan fingerprint density at radius 1 is 1.18 bits per heavy atom. The van der Waals surface area contributed by atoms with Crippen molar-refractivity contribution in [3.05, 3.63) is 66.0 Å². The highest BCUT2D eigenvalue weighted by molar-refractivity contribution is 7.86. The summed E-state index contributed by atoms with van der Waals surface area (Å²) in [5.41, 5.74) is 2.87. The number of pyridine rings is 1. The fourth-order valence-corrected chi connectivity index (χ4v) is 2.87. The van der Waals surface area contributed by atoms with Crippen LogP contribution in [0.1, 0.15) is 23.2 Å². The fraction of sp³-hybridized carbons (Fsp3) is 0.235. The van der Waals surface area contributed by atoms with Gasteiger partial charge >= 0.3 is 0 Å². The Morgan fingerprint density at radius 2 is 1.91 bits per heavy atom. The molecule has 0 unspecified atom stereocenters. The van der Waals surface area contributed by atoms with Crippen molar-refractivity contribution < 1.29 is 12.6 Å². The standard InChI is InChI=1S/C17H19NO3S/c1-3-16-9-8-15(13-18-16)5-4-12-21-22(19,20)17-10-6-14(2)7-11-17/h3,6-11,13H,1,4-5,12H2,2H3. The van der Waals surface area contributed by atoms with Gasteiger partial charge < -0.3 is 0 Å². The summed E-state index contributed by atoms with van der Waals surface area (Å²) >= 11 is 0. The molecule has 0 aliphatic rings. The third kappa shape index (κ3) is 4.51. The van der Waals surface area contributed by atoms with Gasteiger partial charge in [0.1, 0.15) is 0 Å². The molecule has 0 saturated carbocycles. The molecule has 0 saturated heterocycles. The van der Waals surface area contributed by atoms with Gasteiger partial charge in [0.05, 0.1) is 17.2 Å². The van der Waals surface area contributed by atoms with Gasteiger partial charge in [0.2, 0.25) is 0 Å². The summed E-state index contributed by atoms with van der Waals surface area (Å²) in [5.74, 6) is 0. The minimum absolute atomic E-state index is 0.152. The quantitative estimate of drug-likeness (QED) is 0.580. The Morgan fingerprint density at radius 3 is 2.50 bits per heavy atom. The average molecular weight is 317 g/mol. The van der Waals surface area contributed by atoms with Gasteiger partial charge in [-0.3, -0.25) is 9.17 Å². The van der Waals surface area contributed by atoms with Crippen LogP contribution in [0, 0.1) is 6.92 Å².